The fourth-order valence-electron chi connectivity index (χ4n) is 9.17. The number of benzene rings is 10. The van der Waals surface area contributed by atoms with Gasteiger partial charge in [-0.2, -0.15) is 0 Å². The largest absolute Gasteiger partial charge is 0.454 e. The van der Waals surface area contributed by atoms with E-state index in [1.165, 1.54) is 11.1 Å². The normalized spacial score (nSPS) is 11.5. The first-order valence-electron chi connectivity index (χ1n) is 21.0. The van der Waals surface area contributed by atoms with E-state index >= 15 is 0 Å². The number of fused-ring (bicyclic) bond motifs is 9. The third-order valence-corrected chi connectivity index (χ3v) is 12.0. The van der Waals surface area contributed by atoms with Gasteiger partial charge in [-0.05, 0) is 106 Å². The van der Waals surface area contributed by atoms with E-state index in [-0.39, 0.29) is 0 Å². The zero-order valence-electron chi connectivity index (χ0n) is 33.7. The number of furan rings is 2. The lowest BCUT2D eigenvalue weighted by Gasteiger charge is -2.28. The standard InChI is InChI=1S/C58H38N2O2/c1-5-17-39(18-6-1)41-29-33-45(34-30-41)59(43-21-9-3-10-22-43)51-37-49-50(55-47-25-13-15-27-53(47)61-57(51)55)38-52(58-56(49)48-26-14-16-28-54(48)62-58)60(44-23-11-4-12-24-44)46-35-31-42(32-36-46)40-19-7-2-8-20-40/h1-38H. The molecule has 0 saturated heterocycles. The second-order valence-electron chi connectivity index (χ2n) is 15.7. The number of hydrogen-bond donors (Lipinski definition) is 0. The molecule has 4 nitrogen and oxygen atoms in total. The summed E-state index contributed by atoms with van der Waals surface area (Å²) in [4.78, 5) is 4.65. The maximum absolute atomic E-state index is 7.04. The van der Waals surface area contributed by atoms with E-state index in [9.17, 15) is 0 Å². The van der Waals surface area contributed by atoms with Crippen LogP contribution in [0.3, 0.4) is 0 Å². The minimum absolute atomic E-state index is 0.811. The maximum Gasteiger partial charge on any atom is 0.160 e. The molecule has 0 N–H and O–H groups in total. The summed E-state index contributed by atoms with van der Waals surface area (Å²) < 4.78 is 14.1. The molecule has 12 rings (SSSR count). The first kappa shape index (κ1) is 35.6. The molecule has 0 aliphatic carbocycles. The van der Waals surface area contributed by atoms with Crippen molar-refractivity contribution in [2.75, 3.05) is 9.80 Å². The molecule has 292 valence electrons. The Bertz CT molecular complexity index is 3300. The smallest absolute Gasteiger partial charge is 0.160 e. The van der Waals surface area contributed by atoms with Gasteiger partial charge in [-0.1, -0.05) is 158 Å². The highest BCUT2D eigenvalue weighted by Crippen LogP contribution is 2.52. The predicted octanol–water partition coefficient (Wildman–Crippen LogP) is 16.9. The Morgan fingerprint density at radius 2 is 0.565 bits per heavy atom. The van der Waals surface area contributed by atoms with Gasteiger partial charge in [-0.15, -0.1) is 0 Å². The number of anilines is 6. The van der Waals surface area contributed by atoms with Gasteiger partial charge in [-0.25, -0.2) is 0 Å². The Labute approximate surface area is 358 Å². The summed E-state index contributed by atoms with van der Waals surface area (Å²) in [6, 6.07) is 81.3. The first-order chi connectivity index (χ1) is 30.8. The fourth-order valence-corrected chi connectivity index (χ4v) is 9.17. The fraction of sp³-hybridized carbons (Fsp3) is 0. The Morgan fingerprint density at radius 1 is 0.258 bits per heavy atom. The van der Waals surface area contributed by atoms with Crippen LogP contribution in [0, 0.1) is 0 Å². The quantitative estimate of drug-likeness (QED) is 0.153. The molecule has 0 aliphatic rings. The lowest BCUT2D eigenvalue weighted by Crippen LogP contribution is -2.11. The second-order valence-corrected chi connectivity index (χ2v) is 15.7. The van der Waals surface area contributed by atoms with E-state index in [2.05, 4.69) is 228 Å². The van der Waals surface area contributed by atoms with Gasteiger partial charge in [0, 0.05) is 44.3 Å². The molecule has 62 heavy (non-hydrogen) atoms. The van der Waals surface area contributed by atoms with Crippen molar-refractivity contribution in [1.29, 1.82) is 0 Å². The summed E-state index contributed by atoms with van der Waals surface area (Å²) in [6.07, 6.45) is 0. The Balaban J connectivity index is 1.17. The van der Waals surface area contributed by atoms with Crippen molar-refractivity contribution in [1.82, 2.24) is 0 Å². The summed E-state index contributed by atoms with van der Waals surface area (Å²) in [7, 11) is 0. The van der Waals surface area contributed by atoms with Crippen LogP contribution >= 0.6 is 0 Å². The van der Waals surface area contributed by atoms with E-state index in [0.717, 1.165) is 99.9 Å². The molecule has 0 saturated carbocycles. The van der Waals surface area contributed by atoms with Crippen LogP contribution in [0.2, 0.25) is 0 Å². The maximum atomic E-state index is 7.04. The van der Waals surface area contributed by atoms with Crippen molar-refractivity contribution in [2.45, 2.75) is 0 Å². The highest BCUT2D eigenvalue weighted by molar-refractivity contribution is 6.32. The highest BCUT2D eigenvalue weighted by Gasteiger charge is 2.27. The Hall–Kier alpha value is -8.34. The molecule has 2 aromatic heterocycles. The minimum Gasteiger partial charge on any atom is -0.454 e. The zero-order chi connectivity index (χ0) is 41.0. The molecule has 0 fully saturated rings. The van der Waals surface area contributed by atoms with Crippen LogP contribution in [-0.2, 0) is 0 Å². The topological polar surface area (TPSA) is 32.8 Å². The summed E-state index contributed by atoms with van der Waals surface area (Å²) in [5.41, 5.74) is 14.0. The van der Waals surface area contributed by atoms with E-state index in [1.807, 2.05) is 12.1 Å². The SMILES string of the molecule is c1ccc(-c2ccc(N(c3ccccc3)c3cc4c(cc(N(c5ccccc5)c5ccc(-c6ccccc6)cc5)c5oc6ccccc6c54)c4c3oc3ccccc34)cc2)cc1. The van der Waals surface area contributed by atoms with Gasteiger partial charge in [0.2, 0.25) is 0 Å². The van der Waals surface area contributed by atoms with Crippen LogP contribution in [0.1, 0.15) is 0 Å². The molecule has 0 bridgehead atoms. The van der Waals surface area contributed by atoms with Crippen molar-refractivity contribution < 1.29 is 8.83 Å². The molecule has 0 radical (unpaired) electrons. The van der Waals surface area contributed by atoms with Gasteiger partial charge in [0.25, 0.3) is 0 Å². The molecule has 0 unspecified atom stereocenters. The number of rotatable bonds is 8. The van der Waals surface area contributed by atoms with Crippen LogP contribution in [0.25, 0.3) is 76.9 Å². The summed E-state index contributed by atoms with van der Waals surface area (Å²) in [5.74, 6) is 0. The van der Waals surface area contributed by atoms with Gasteiger partial charge >= 0.3 is 0 Å². The Kier molecular flexibility index (Phi) is 8.46. The van der Waals surface area contributed by atoms with Gasteiger partial charge in [0.05, 0.1) is 11.4 Å². The molecule has 2 heterocycles. The number of nitrogens with zero attached hydrogens (tertiary/aromatic N) is 2. The molecule has 0 amide bonds. The van der Waals surface area contributed by atoms with Crippen LogP contribution in [0.5, 0.6) is 0 Å². The molecule has 10 aromatic carbocycles. The van der Waals surface area contributed by atoms with Crippen LogP contribution in [0.4, 0.5) is 34.1 Å². The zero-order valence-corrected chi connectivity index (χ0v) is 33.7. The first-order valence-corrected chi connectivity index (χ1v) is 21.0. The summed E-state index contributed by atoms with van der Waals surface area (Å²) >= 11 is 0. The number of hydrogen-bond acceptors (Lipinski definition) is 4. The molecule has 12 aromatic rings. The Morgan fingerprint density at radius 3 is 0.952 bits per heavy atom. The third-order valence-electron chi connectivity index (χ3n) is 12.0. The average molecular weight is 795 g/mol. The summed E-state index contributed by atoms with van der Waals surface area (Å²) in [6.45, 7) is 0. The van der Waals surface area contributed by atoms with Crippen molar-refractivity contribution in [3.05, 3.63) is 231 Å². The molecular formula is C58H38N2O2. The van der Waals surface area contributed by atoms with Crippen LogP contribution in [0.15, 0.2) is 239 Å². The van der Waals surface area contributed by atoms with Gasteiger partial charge in [0.1, 0.15) is 11.2 Å². The highest BCUT2D eigenvalue weighted by atomic mass is 16.3. The van der Waals surface area contributed by atoms with Gasteiger partial charge in [-0.3, -0.25) is 0 Å². The van der Waals surface area contributed by atoms with Gasteiger partial charge < -0.3 is 18.6 Å². The van der Waals surface area contributed by atoms with Crippen LogP contribution in [-0.4, -0.2) is 0 Å². The third kappa shape index (κ3) is 5.92. The van der Waals surface area contributed by atoms with Crippen molar-refractivity contribution in [2.24, 2.45) is 0 Å². The minimum atomic E-state index is 0.811. The van der Waals surface area contributed by atoms with Crippen LogP contribution < -0.4 is 9.80 Å². The molecular weight excluding hydrogens is 757 g/mol. The van der Waals surface area contributed by atoms with E-state index in [1.54, 1.807) is 0 Å². The molecule has 4 heteroatoms. The van der Waals surface area contributed by atoms with E-state index in [0.29, 0.717) is 0 Å². The molecule has 0 aliphatic heterocycles. The number of para-hydroxylation sites is 4. The van der Waals surface area contributed by atoms with Gasteiger partial charge in [0.15, 0.2) is 11.2 Å². The van der Waals surface area contributed by atoms with E-state index < -0.39 is 0 Å². The van der Waals surface area contributed by atoms with E-state index in [4.69, 9.17) is 8.83 Å². The second kappa shape index (κ2) is 14.7. The molecule has 0 spiro atoms. The lowest BCUT2D eigenvalue weighted by molar-refractivity contribution is 0.668. The lowest BCUT2D eigenvalue weighted by atomic mass is 9.96. The monoisotopic (exact) mass is 794 g/mol. The summed E-state index contributed by atoms with van der Waals surface area (Å²) in [5, 5.41) is 6.37. The van der Waals surface area contributed by atoms with Crippen molar-refractivity contribution in [3.8, 4) is 22.3 Å². The molecule has 0 atom stereocenters. The van der Waals surface area contributed by atoms with Crippen molar-refractivity contribution >= 4 is 88.8 Å². The predicted molar refractivity (Wildman–Crippen MR) is 259 cm³/mol. The van der Waals surface area contributed by atoms with Crippen molar-refractivity contribution in [3.63, 3.8) is 0 Å². The average Bonchev–Trinajstić information content (AvgIpc) is 3.94.